The van der Waals surface area contributed by atoms with E-state index in [1.165, 1.54) is 0 Å². The van der Waals surface area contributed by atoms with Crippen LogP contribution in [-0.4, -0.2) is 11.0 Å². The topological polar surface area (TPSA) is 48.1 Å². The third-order valence-electron chi connectivity index (χ3n) is 2.64. The number of halogens is 2. The van der Waals surface area contributed by atoms with E-state index in [4.69, 9.17) is 10.5 Å². The summed E-state index contributed by atoms with van der Waals surface area (Å²) in [6, 6.07) is 9.48. The first kappa shape index (κ1) is 14.5. The van der Waals surface area contributed by atoms with Crippen molar-refractivity contribution in [3.05, 3.63) is 57.2 Å². The highest BCUT2D eigenvalue weighted by Gasteiger charge is 2.19. The molecule has 0 saturated heterocycles. The molecule has 19 heavy (non-hydrogen) atoms. The molecule has 0 spiro atoms. The quantitative estimate of drug-likeness (QED) is 0.862. The van der Waals surface area contributed by atoms with E-state index in [1.54, 1.807) is 12.4 Å². The third-order valence-corrected chi connectivity index (χ3v) is 3.75. The van der Waals surface area contributed by atoms with Crippen LogP contribution < -0.4 is 10.5 Å². The van der Waals surface area contributed by atoms with Gasteiger partial charge >= 0.3 is 0 Å². The van der Waals surface area contributed by atoms with Gasteiger partial charge in [0.2, 0.25) is 0 Å². The molecule has 1 aromatic heterocycles. The maximum atomic E-state index is 6.02. The standard InChI is InChI=1S/C14H14Br2N2O/c1-9(17)14(10-3-2-6-18-8-10)19-13-5-4-11(15)7-12(13)16/h2-9,14H,17H2,1H3. The van der Waals surface area contributed by atoms with Gasteiger partial charge in [-0.25, -0.2) is 0 Å². The third kappa shape index (κ3) is 3.78. The Kier molecular flexibility index (Phi) is 4.96. The van der Waals surface area contributed by atoms with E-state index in [9.17, 15) is 0 Å². The number of rotatable bonds is 4. The second-order valence-corrected chi connectivity index (χ2v) is 6.03. The molecule has 0 fully saturated rings. The van der Waals surface area contributed by atoms with E-state index in [1.807, 2.05) is 37.3 Å². The molecule has 0 aliphatic carbocycles. The first-order valence-corrected chi connectivity index (χ1v) is 7.43. The molecule has 0 amide bonds. The molecule has 0 aliphatic heterocycles. The average Bonchev–Trinajstić information content (AvgIpc) is 2.38. The number of nitrogens with two attached hydrogens (primary N) is 1. The lowest BCUT2D eigenvalue weighted by atomic mass is 10.1. The second-order valence-electron chi connectivity index (χ2n) is 4.26. The molecule has 5 heteroatoms. The van der Waals surface area contributed by atoms with E-state index in [0.29, 0.717) is 0 Å². The predicted octanol–water partition coefficient (Wildman–Crippen LogP) is 4.07. The summed E-state index contributed by atoms with van der Waals surface area (Å²) in [5, 5.41) is 0. The first-order valence-electron chi connectivity index (χ1n) is 5.85. The Morgan fingerprint density at radius 3 is 2.63 bits per heavy atom. The zero-order chi connectivity index (χ0) is 13.8. The van der Waals surface area contributed by atoms with Crippen molar-refractivity contribution in [1.29, 1.82) is 0 Å². The van der Waals surface area contributed by atoms with E-state index in [2.05, 4.69) is 36.8 Å². The SMILES string of the molecule is CC(N)C(Oc1ccc(Br)cc1Br)c1cccnc1. The van der Waals surface area contributed by atoms with Crippen molar-refractivity contribution in [2.24, 2.45) is 5.73 Å². The zero-order valence-electron chi connectivity index (χ0n) is 10.4. The van der Waals surface area contributed by atoms with Crippen LogP contribution in [-0.2, 0) is 0 Å². The zero-order valence-corrected chi connectivity index (χ0v) is 13.6. The summed E-state index contributed by atoms with van der Waals surface area (Å²) >= 11 is 6.90. The highest BCUT2D eigenvalue weighted by atomic mass is 79.9. The minimum atomic E-state index is -0.230. The molecule has 3 nitrogen and oxygen atoms in total. The van der Waals surface area contributed by atoms with Crippen LogP contribution in [0.15, 0.2) is 51.7 Å². The van der Waals surface area contributed by atoms with Crippen LogP contribution in [0.4, 0.5) is 0 Å². The van der Waals surface area contributed by atoms with Gasteiger partial charge in [-0.05, 0) is 47.1 Å². The van der Waals surface area contributed by atoms with Gasteiger partial charge in [-0.1, -0.05) is 22.0 Å². The van der Waals surface area contributed by atoms with Gasteiger partial charge in [0, 0.05) is 28.5 Å². The van der Waals surface area contributed by atoms with Gasteiger partial charge in [-0.3, -0.25) is 4.98 Å². The molecular weight excluding hydrogens is 372 g/mol. The Morgan fingerprint density at radius 2 is 2.05 bits per heavy atom. The normalized spacial score (nSPS) is 13.9. The highest BCUT2D eigenvalue weighted by Crippen LogP contribution is 2.32. The van der Waals surface area contributed by atoms with Crippen LogP contribution in [0.5, 0.6) is 5.75 Å². The lowest BCUT2D eigenvalue weighted by Gasteiger charge is -2.23. The van der Waals surface area contributed by atoms with Gasteiger partial charge in [0.25, 0.3) is 0 Å². The molecule has 0 saturated carbocycles. The summed E-state index contributed by atoms with van der Waals surface area (Å²) in [6.45, 7) is 1.92. The van der Waals surface area contributed by atoms with E-state index < -0.39 is 0 Å². The number of ether oxygens (including phenoxy) is 1. The predicted molar refractivity (Wildman–Crippen MR) is 83.1 cm³/mol. The Labute approximate surface area is 129 Å². The van der Waals surface area contributed by atoms with Crippen LogP contribution in [0.1, 0.15) is 18.6 Å². The molecule has 1 heterocycles. The summed E-state index contributed by atoms with van der Waals surface area (Å²) in [7, 11) is 0. The summed E-state index contributed by atoms with van der Waals surface area (Å²) in [6.07, 6.45) is 3.28. The van der Waals surface area contributed by atoms with Crippen molar-refractivity contribution in [3.63, 3.8) is 0 Å². The molecule has 2 aromatic rings. The molecule has 2 unspecified atom stereocenters. The highest BCUT2D eigenvalue weighted by molar-refractivity contribution is 9.11. The van der Waals surface area contributed by atoms with Gasteiger partial charge in [0.05, 0.1) is 4.47 Å². The number of hydrogen-bond donors (Lipinski definition) is 1. The van der Waals surface area contributed by atoms with Gasteiger partial charge in [0.1, 0.15) is 11.9 Å². The smallest absolute Gasteiger partial charge is 0.140 e. The van der Waals surface area contributed by atoms with Crippen LogP contribution in [0, 0.1) is 0 Å². The van der Waals surface area contributed by atoms with E-state index in [0.717, 1.165) is 20.3 Å². The number of benzene rings is 1. The lowest BCUT2D eigenvalue weighted by molar-refractivity contribution is 0.179. The Balaban J connectivity index is 2.27. The molecule has 0 aliphatic rings. The number of hydrogen-bond acceptors (Lipinski definition) is 3. The molecule has 0 bridgehead atoms. The minimum Gasteiger partial charge on any atom is -0.483 e. The summed E-state index contributed by atoms with van der Waals surface area (Å²) in [4.78, 5) is 4.11. The van der Waals surface area contributed by atoms with Gasteiger partial charge in [0.15, 0.2) is 0 Å². The van der Waals surface area contributed by atoms with E-state index in [-0.39, 0.29) is 12.1 Å². The molecule has 0 radical (unpaired) electrons. The molecule has 2 rings (SSSR count). The molecule has 2 N–H and O–H groups in total. The fourth-order valence-electron chi connectivity index (χ4n) is 1.73. The maximum absolute atomic E-state index is 6.02. The molecule has 1 aromatic carbocycles. The van der Waals surface area contributed by atoms with Crippen molar-refractivity contribution >= 4 is 31.9 Å². The van der Waals surface area contributed by atoms with Crippen LogP contribution in [0.25, 0.3) is 0 Å². The number of nitrogens with zero attached hydrogens (tertiary/aromatic N) is 1. The van der Waals surface area contributed by atoms with Crippen molar-refractivity contribution in [2.45, 2.75) is 19.1 Å². The van der Waals surface area contributed by atoms with Gasteiger partial charge < -0.3 is 10.5 Å². The Hall–Kier alpha value is -0.910. The van der Waals surface area contributed by atoms with Crippen molar-refractivity contribution in [1.82, 2.24) is 4.98 Å². The largest absolute Gasteiger partial charge is 0.483 e. The van der Waals surface area contributed by atoms with Crippen molar-refractivity contribution in [3.8, 4) is 5.75 Å². The summed E-state index contributed by atoms with van der Waals surface area (Å²) in [5.41, 5.74) is 6.98. The monoisotopic (exact) mass is 384 g/mol. The first-order chi connectivity index (χ1) is 9.08. The van der Waals surface area contributed by atoms with Crippen molar-refractivity contribution in [2.75, 3.05) is 0 Å². The second kappa shape index (κ2) is 6.50. The van der Waals surface area contributed by atoms with E-state index >= 15 is 0 Å². The molecular formula is C14H14Br2N2O. The Morgan fingerprint density at radius 1 is 1.26 bits per heavy atom. The lowest BCUT2D eigenvalue weighted by Crippen LogP contribution is -2.29. The maximum Gasteiger partial charge on any atom is 0.140 e. The van der Waals surface area contributed by atoms with Crippen LogP contribution in [0.2, 0.25) is 0 Å². The minimum absolute atomic E-state index is 0.139. The summed E-state index contributed by atoms with van der Waals surface area (Å²) < 4.78 is 7.89. The number of pyridine rings is 1. The number of aromatic nitrogens is 1. The van der Waals surface area contributed by atoms with Gasteiger partial charge in [-0.15, -0.1) is 0 Å². The molecule has 100 valence electrons. The van der Waals surface area contributed by atoms with Crippen LogP contribution in [0.3, 0.4) is 0 Å². The Bertz CT molecular complexity index is 546. The van der Waals surface area contributed by atoms with Gasteiger partial charge in [-0.2, -0.15) is 0 Å². The van der Waals surface area contributed by atoms with Crippen LogP contribution >= 0.6 is 31.9 Å². The molecule has 2 atom stereocenters. The summed E-state index contributed by atoms with van der Waals surface area (Å²) in [5.74, 6) is 0.759. The van der Waals surface area contributed by atoms with Crippen molar-refractivity contribution < 1.29 is 4.74 Å². The average molecular weight is 386 g/mol. The fraction of sp³-hybridized carbons (Fsp3) is 0.214. The fourth-order valence-corrected chi connectivity index (χ4v) is 2.87.